The summed E-state index contributed by atoms with van der Waals surface area (Å²) in [5.41, 5.74) is 3.67. The van der Waals surface area contributed by atoms with Gasteiger partial charge in [0, 0.05) is 31.7 Å². The smallest absolute Gasteiger partial charge is 0.240 e. The maximum atomic E-state index is 13.5. The summed E-state index contributed by atoms with van der Waals surface area (Å²) in [5, 5.41) is 0. The summed E-state index contributed by atoms with van der Waals surface area (Å²) < 4.78 is 12.2. The summed E-state index contributed by atoms with van der Waals surface area (Å²) in [6.45, 7) is 9.73. The van der Waals surface area contributed by atoms with Crippen molar-refractivity contribution in [3.8, 4) is 5.75 Å². The molecule has 0 spiro atoms. The molecule has 0 N–H and O–H groups in total. The molecule has 0 aliphatic carbocycles. The number of benzene rings is 2. The second-order valence-corrected chi connectivity index (χ2v) is 10.5. The molecule has 0 bridgehead atoms. The molecule has 2 fully saturated rings. The van der Waals surface area contributed by atoms with Crippen molar-refractivity contribution in [3.63, 3.8) is 0 Å². The molecular weight excluding hydrogens is 450 g/mol. The van der Waals surface area contributed by atoms with E-state index in [4.69, 9.17) is 9.47 Å². The number of carbonyl (C=O) groups is 1. The van der Waals surface area contributed by atoms with E-state index in [0.29, 0.717) is 32.4 Å². The average Bonchev–Trinajstić information content (AvgIpc) is 3.15. The Morgan fingerprint density at radius 3 is 2.61 bits per heavy atom. The van der Waals surface area contributed by atoms with Crippen molar-refractivity contribution < 1.29 is 14.3 Å². The molecule has 3 heterocycles. The molecule has 1 amide bonds. The van der Waals surface area contributed by atoms with Gasteiger partial charge in [0.25, 0.3) is 0 Å². The monoisotopic (exact) mass is 491 g/mol. The van der Waals surface area contributed by atoms with Crippen LogP contribution in [0.5, 0.6) is 5.75 Å². The maximum Gasteiger partial charge on any atom is 0.240 e. The highest BCUT2D eigenvalue weighted by atomic mass is 16.5. The lowest BCUT2D eigenvalue weighted by Crippen LogP contribution is -2.51. The number of ether oxygens (including phenoxy) is 2. The Balaban J connectivity index is 1.15. The highest BCUT2D eigenvalue weighted by Crippen LogP contribution is 2.28. The standard InChI is InChI=1S/C30H41N3O3/c1-2-32-15-7-6-10-28(32)30(34)33-18-19-35-29-12-11-25(20-26(29)22-33)21-31-16-13-27(14-17-31)36-23-24-8-4-3-5-9-24/h3-5,8-9,11-12,20,27-28H,2,6-7,10,13-19,21-23H2,1H3/t28-/m1/s1. The van der Waals surface area contributed by atoms with E-state index in [1.165, 1.54) is 17.5 Å². The fraction of sp³-hybridized carbons (Fsp3) is 0.567. The number of likely N-dealkylation sites (N-methyl/N-ethyl adjacent to an activating group) is 1. The molecule has 6 nitrogen and oxygen atoms in total. The SMILES string of the molecule is CCN1CCCC[C@@H]1C(=O)N1CCOc2ccc(CN3CCC(OCc4ccccc4)CC3)cc2C1. The van der Waals surface area contributed by atoms with E-state index in [2.05, 4.69) is 59.2 Å². The molecule has 3 aliphatic rings. The van der Waals surface area contributed by atoms with Crippen LogP contribution in [-0.4, -0.2) is 72.1 Å². The van der Waals surface area contributed by atoms with E-state index in [1.807, 2.05) is 11.0 Å². The lowest BCUT2D eigenvalue weighted by atomic mass is 10.0. The van der Waals surface area contributed by atoms with Crippen LogP contribution in [0.4, 0.5) is 0 Å². The maximum absolute atomic E-state index is 13.5. The number of fused-ring (bicyclic) bond motifs is 1. The molecule has 0 saturated carbocycles. The normalized spacial score (nSPS) is 22.0. The topological polar surface area (TPSA) is 45.2 Å². The van der Waals surface area contributed by atoms with Crippen molar-refractivity contribution in [2.24, 2.45) is 0 Å². The minimum Gasteiger partial charge on any atom is -0.491 e. The fourth-order valence-electron chi connectivity index (χ4n) is 5.87. The lowest BCUT2D eigenvalue weighted by Gasteiger charge is -2.36. The van der Waals surface area contributed by atoms with Crippen LogP contribution in [0.1, 0.15) is 55.7 Å². The van der Waals surface area contributed by atoms with Crippen molar-refractivity contribution in [2.75, 3.05) is 39.3 Å². The number of amides is 1. The number of likely N-dealkylation sites (tertiary alicyclic amines) is 2. The Labute approximate surface area is 216 Å². The predicted molar refractivity (Wildman–Crippen MR) is 142 cm³/mol. The molecule has 0 unspecified atom stereocenters. The quantitative estimate of drug-likeness (QED) is 0.572. The van der Waals surface area contributed by atoms with Gasteiger partial charge in [-0.25, -0.2) is 0 Å². The summed E-state index contributed by atoms with van der Waals surface area (Å²) in [6, 6.07) is 17.0. The van der Waals surface area contributed by atoms with E-state index in [1.54, 1.807) is 0 Å². The number of hydrogen-bond donors (Lipinski definition) is 0. The van der Waals surface area contributed by atoms with Gasteiger partial charge < -0.3 is 14.4 Å². The Morgan fingerprint density at radius 2 is 1.81 bits per heavy atom. The van der Waals surface area contributed by atoms with Crippen molar-refractivity contribution >= 4 is 5.91 Å². The molecule has 2 aromatic rings. The second-order valence-electron chi connectivity index (χ2n) is 10.5. The Morgan fingerprint density at radius 1 is 0.972 bits per heavy atom. The molecule has 2 aromatic carbocycles. The van der Waals surface area contributed by atoms with Gasteiger partial charge in [-0.2, -0.15) is 0 Å². The van der Waals surface area contributed by atoms with Gasteiger partial charge in [-0.05, 0) is 62.0 Å². The zero-order chi connectivity index (χ0) is 24.7. The Kier molecular flexibility index (Phi) is 8.57. The molecule has 5 rings (SSSR count). The molecule has 0 radical (unpaired) electrons. The van der Waals surface area contributed by atoms with Crippen molar-refractivity contribution in [1.82, 2.24) is 14.7 Å². The molecule has 194 valence electrons. The largest absolute Gasteiger partial charge is 0.491 e. The van der Waals surface area contributed by atoms with Gasteiger partial charge in [0.1, 0.15) is 12.4 Å². The summed E-state index contributed by atoms with van der Waals surface area (Å²) in [4.78, 5) is 20.4. The average molecular weight is 492 g/mol. The van der Waals surface area contributed by atoms with Crippen LogP contribution in [0.3, 0.4) is 0 Å². The van der Waals surface area contributed by atoms with Gasteiger partial charge >= 0.3 is 0 Å². The first-order valence-electron chi connectivity index (χ1n) is 13.8. The summed E-state index contributed by atoms with van der Waals surface area (Å²) >= 11 is 0. The van der Waals surface area contributed by atoms with E-state index >= 15 is 0 Å². The molecule has 1 atom stereocenters. The zero-order valence-electron chi connectivity index (χ0n) is 21.7. The molecule has 0 aromatic heterocycles. The molecule has 6 heteroatoms. The van der Waals surface area contributed by atoms with Crippen LogP contribution in [0, 0.1) is 0 Å². The number of hydrogen-bond acceptors (Lipinski definition) is 5. The Hall–Kier alpha value is -2.41. The van der Waals surface area contributed by atoms with Gasteiger partial charge in [0.15, 0.2) is 0 Å². The minimum atomic E-state index is 0.0267. The third-order valence-corrected chi connectivity index (χ3v) is 7.99. The highest BCUT2D eigenvalue weighted by molar-refractivity contribution is 5.82. The van der Waals surface area contributed by atoms with Crippen LogP contribution in [-0.2, 0) is 29.2 Å². The van der Waals surface area contributed by atoms with Gasteiger partial charge in [0.05, 0.1) is 25.3 Å². The van der Waals surface area contributed by atoms with Crippen LogP contribution in [0.2, 0.25) is 0 Å². The zero-order valence-corrected chi connectivity index (χ0v) is 21.7. The lowest BCUT2D eigenvalue weighted by molar-refractivity contribution is -0.139. The van der Waals surface area contributed by atoms with Gasteiger partial charge in [-0.3, -0.25) is 14.6 Å². The molecule has 36 heavy (non-hydrogen) atoms. The number of piperidine rings is 2. The van der Waals surface area contributed by atoms with Crippen LogP contribution in [0.15, 0.2) is 48.5 Å². The summed E-state index contributed by atoms with van der Waals surface area (Å²) in [6.07, 6.45) is 5.79. The van der Waals surface area contributed by atoms with Gasteiger partial charge in [0.2, 0.25) is 5.91 Å². The van der Waals surface area contributed by atoms with E-state index in [9.17, 15) is 4.79 Å². The molecule has 2 saturated heterocycles. The van der Waals surface area contributed by atoms with E-state index < -0.39 is 0 Å². The first-order valence-corrected chi connectivity index (χ1v) is 13.8. The second kappa shape index (κ2) is 12.2. The third kappa shape index (κ3) is 6.28. The van der Waals surface area contributed by atoms with Crippen LogP contribution >= 0.6 is 0 Å². The highest BCUT2D eigenvalue weighted by Gasteiger charge is 2.32. The van der Waals surface area contributed by atoms with Crippen molar-refractivity contribution in [1.29, 1.82) is 0 Å². The molecular formula is C30H41N3O3. The summed E-state index contributed by atoms with van der Waals surface area (Å²) in [7, 11) is 0. The van der Waals surface area contributed by atoms with Crippen molar-refractivity contribution in [2.45, 2.75) is 70.9 Å². The summed E-state index contributed by atoms with van der Waals surface area (Å²) in [5.74, 6) is 1.20. The van der Waals surface area contributed by atoms with Crippen LogP contribution in [0.25, 0.3) is 0 Å². The van der Waals surface area contributed by atoms with Crippen LogP contribution < -0.4 is 4.74 Å². The van der Waals surface area contributed by atoms with Gasteiger partial charge in [-0.1, -0.05) is 49.7 Å². The minimum absolute atomic E-state index is 0.0267. The number of rotatable bonds is 7. The third-order valence-electron chi connectivity index (χ3n) is 7.99. The molecule has 3 aliphatic heterocycles. The number of nitrogens with zero attached hydrogens (tertiary/aromatic N) is 3. The fourth-order valence-corrected chi connectivity index (χ4v) is 5.87. The van der Waals surface area contributed by atoms with Gasteiger partial charge in [-0.15, -0.1) is 0 Å². The van der Waals surface area contributed by atoms with Crippen molar-refractivity contribution in [3.05, 3.63) is 65.2 Å². The Bertz CT molecular complexity index is 990. The first-order chi connectivity index (χ1) is 17.7. The van der Waals surface area contributed by atoms with E-state index in [0.717, 1.165) is 69.7 Å². The predicted octanol–water partition coefficient (Wildman–Crippen LogP) is 4.46. The number of carbonyl (C=O) groups excluding carboxylic acids is 1. The first kappa shape index (κ1) is 25.2. The van der Waals surface area contributed by atoms with E-state index in [-0.39, 0.29) is 11.9 Å².